The van der Waals surface area contributed by atoms with Crippen LogP contribution in [-0.2, 0) is 16.6 Å². The van der Waals surface area contributed by atoms with Gasteiger partial charge in [-0.15, -0.1) is 0 Å². The van der Waals surface area contributed by atoms with Crippen LogP contribution >= 0.6 is 0 Å². The lowest BCUT2D eigenvalue weighted by atomic mass is 10.2. The topological polar surface area (TPSA) is 57.7 Å². The number of ketones is 1. The lowest BCUT2D eigenvalue weighted by Gasteiger charge is -2.34. The minimum Gasteiger partial charge on any atom is -0.296 e. The summed E-state index contributed by atoms with van der Waals surface area (Å²) in [7, 11) is -3.59. The molecule has 0 aliphatic carbocycles. The number of carbonyl (C=O) groups excluding carboxylic acids is 1. The predicted molar refractivity (Wildman–Crippen MR) is 96.9 cm³/mol. The third kappa shape index (κ3) is 4.00. The van der Waals surface area contributed by atoms with E-state index in [2.05, 4.69) is 0 Å². The van der Waals surface area contributed by atoms with Crippen molar-refractivity contribution in [2.75, 3.05) is 26.2 Å². The first-order valence-electron chi connectivity index (χ1n) is 8.45. The molecule has 0 spiro atoms. The Morgan fingerprint density at radius 2 is 1.62 bits per heavy atom. The van der Waals surface area contributed by atoms with Crippen LogP contribution in [0.3, 0.4) is 0 Å². The number of nitrogens with zero attached hydrogens (tertiary/aromatic N) is 2. The number of rotatable bonds is 5. The van der Waals surface area contributed by atoms with Gasteiger partial charge in [0.05, 0.1) is 4.90 Å². The van der Waals surface area contributed by atoms with E-state index in [1.807, 2.05) is 4.90 Å². The molecule has 0 aromatic heterocycles. The minimum atomic E-state index is -3.59. The van der Waals surface area contributed by atoms with Crippen molar-refractivity contribution in [2.24, 2.45) is 0 Å². The van der Waals surface area contributed by atoms with Crippen molar-refractivity contribution in [3.05, 3.63) is 65.5 Å². The Morgan fingerprint density at radius 1 is 1.00 bits per heavy atom. The molecule has 2 aromatic rings. The van der Waals surface area contributed by atoms with Crippen molar-refractivity contribution >= 4 is 15.8 Å². The van der Waals surface area contributed by atoms with Crippen LogP contribution in [0.25, 0.3) is 0 Å². The Morgan fingerprint density at radius 3 is 2.19 bits per heavy atom. The van der Waals surface area contributed by atoms with Gasteiger partial charge in [-0.1, -0.05) is 30.3 Å². The summed E-state index contributed by atoms with van der Waals surface area (Å²) in [5.74, 6) is -0.344. The van der Waals surface area contributed by atoms with Crippen LogP contribution in [0.15, 0.2) is 53.4 Å². The normalized spacial score (nSPS) is 16.5. The highest BCUT2D eigenvalue weighted by molar-refractivity contribution is 7.89. The number of hydrogen-bond acceptors (Lipinski definition) is 4. The van der Waals surface area contributed by atoms with Crippen LogP contribution in [0, 0.1) is 5.82 Å². The van der Waals surface area contributed by atoms with Crippen LogP contribution < -0.4 is 0 Å². The molecule has 0 N–H and O–H groups in total. The average molecular weight is 376 g/mol. The van der Waals surface area contributed by atoms with Crippen LogP contribution in [0.5, 0.6) is 0 Å². The van der Waals surface area contributed by atoms with Gasteiger partial charge in [-0.05, 0) is 25.1 Å². The quantitative estimate of drug-likeness (QED) is 0.753. The third-order valence-electron chi connectivity index (χ3n) is 4.58. The summed E-state index contributed by atoms with van der Waals surface area (Å²) in [6.45, 7) is 3.70. The number of piperazine rings is 1. The smallest absolute Gasteiger partial charge is 0.243 e. The highest BCUT2D eigenvalue weighted by Gasteiger charge is 2.28. The van der Waals surface area contributed by atoms with Crippen LogP contribution in [0.1, 0.15) is 22.8 Å². The molecule has 0 bridgehead atoms. The molecule has 0 unspecified atom stereocenters. The van der Waals surface area contributed by atoms with Gasteiger partial charge in [0.2, 0.25) is 10.0 Å². The van der Waals surface area contributed by atoms with Gasteiger partial charge >= 0.3 is 0 Å². The summed E-state index contributed by atoms with van der Waals surface area (Å²) in [4.78, 5) is 13.6. The number of halogens is 1. The largest absolute Gasteiger partial charge is 0.296 e. The first-order chi connectivity index (χ1) is 12.4. The zero-order valence-corrected chi connectivity index (χ0v) is 15.4. The SMILES string of the molecule is CC(=O)c1ccc(S(=O)(=O)N2CCN(Cc3ccccc3F)CC2)cc1. The molecule has 7 heteroatoms. The first-order valence-corrected chi connectivity index (χ1v) is 9.89. The molecule has 0 radical (unpaired) electrons. The predicted octanol–water partition coefficient (Wildman–Crippen LogP) is 2.53. The molecule has 1 heterocycles. The van der Waals surface area contributed by atoms with E-state index >= 15 is 0 Å². The fraction of sp³-hybridized carbons (Fsp3) is 0.316. The summed E-state index contributed by atoms with van der Waals surface area (Å²) in [5, 5.41) is 0. The number of benzene rings is 2. The summed E-state index contributed by atoms with van der Waals surface area (Å²) >= 11 is 0. The second-order valence-electron chi connectivity index (χ2n) is 6.35. The Labute approximate surface area is 153 Å². The zero-order chi connectivity index (χ0) is 18.7. The molecule has 1 aliphatic rings. The molecule has 3 rings (SSSR count). The van der Waals surface area contributed by atoms with E-state index in [4.69, 9.17) is 0 Å². The van der Waals surface area contributed by atoms with Crippen LogP contribution in [0.2, 0.25) is 0 Å². The Kier molecular flexibility index (Phi) is 5.50. The van der Waals surface area contributed by atoms with Crippen LogP contribution in [-0.4, -0.2) is 49.6 Å². The van der Waals surface area contributed by atoms with Gasteiger partial charge in [0, 0.05) is 43.9 Å². The van der Waals surface area contributed by atoms with Gasteiger partial charge in [-0.3, -0.25) is 9.69 Å². The monoisotopic (exact) mass is 376 g/mol. The van der Waals surface area contributed by atoms with Gasteiger partial charge in [0.15, 0.2) is 5.78 Å². The first kappa shape index (κ1) is 18.7. The summed E-state index contributed by atoms with van der Waals surface area (Å²) in [6, 6.07) is 12.6. The maximum atomic E-state index is 13.8. The zero-order valence-electron chi connectivity index (χ0n) is 14.6. The van der Waals surface area contributed by atoms with E-state index in [9.17, 15) is 17.6 Å². The lowest BCUT2D eigenvalue weighted by molar-refractivity contribution is 0.101. The third-order valence-corrected chi connectivity index (χ3v) is 6.49. The Balaban J connectivity index is 1.65. The fourth-order valence-corrected chi connectivity index (χ4v) is 4.43. The fourth-order valence-electron chi connectivity index (χ4n) is 3.01. The number of hydrogen-bond donors (Lipinski definition) is 0. The second kappa shape index (κ2) is 7.65. The van der Waals surface area contributed by atoms with Gasteiger partial charge in [0.25, 0.3) is 0 Å². The maximum absolute atomic E-state index is 13.8. The molecule has 0 amide bonds. The molecule has 2 aromatic carbocycles. The van der Waals surface area contributed by atoms with Gasteiger partial charge in [-0.25, -0.2) is 12.8 Å². The van der Waals surface area contributed by atoms with Gasteiger partial charge in [-0.2, -0.15) is 4.31 Å². The van der Waals surface area contributed by atoms with E-state index in [-0.39, 0.29) is 16.5 Å². The summed E-state index contributed by atoms with van der Waals surface area (Å²) in [5.41, 5.74) is 1.10. The minimum absolute atomic E-state index is 0.101. The molecular weight excluding hydrogens is 355 g/mol. The Bertz CT molecular complexity index is 889. The molecule has 0 atom stereocenters. The molecule has 5 nitrogen and oxygen atoms in total. The van der Waals surface area contributed by atoms with Crippen molar-refractivity contribution in [1.29, 1.82) is 0 Å². The van der Waals surface area contributed by atoms with Crippen molar-refractivity contribution in [1.82, 2.24) is 9.21 Å². The molecule has 0 saturated carbocycles. The van der Waals surface area contributed by atoms with Gasteiger partial charge in [0.1, 0.15) is 5.82 Å². The molecular formula is C19H21FN2O3S. The van der Waals surface area contributed by atoms with Crippen molar-refractivity contribution < 1.29 is 17.6 Å². The van der Waals surface area contributed by atoms with E-state index < -0.39 is 10.0 Å². The number of sulfonamides is 1. The Hall–Kier alpha value is -2.09. The van der Waals surface area contributed by atoms with Crippen molar-refractivity contribution in [3.8, 4) is 0 Å². The summed E-state index contributed by atoms with van der Waals surface area (Å²) in [6.07, 6.45) is 0. The van der Waals surface area contributed by atoms with E-state index in [1.165, 1.54) is 41.6 Å². The molecule has 1 fully saturated rings. The average Bonchev–Trinajstić information content (AvgIpc) is 2.64. The maximum Gasteiger partial charge on any atom is 0.243 e. The second-order valence-corrected chi connectivity index (χ2v) is 8.29. The highest BCUT2D eigenvalue weighted by atomic mass is 32.2. The molecule has 1 saturated heterocycles. The van der Waals surface area contributed by atoms with Crippen molar-refractivity contribution in [3.63, 3.8) is 0 Å². The molecule has 138 valence electrons. The highest BCUT2D eigenvalue weighted by Crippen LogP contribution is 2.19. The van der Waals surface area contributed by atoms with Crippen LogP contribution in [0.4, 0.5) is 4.39 Å². The van der Waals surface area contributed by atoms with E-state index in [0.29, 0.717) is 43.9 Å². The summed E-state index contributed by atoms with van der Waals surface area (Å²) < 4.78 is 40.7. The number of Topliss-reactive ketones (excluding diaryl/α,β-unsaturated/α-hetero) is 1. The number of carbonyl (C=O) groups is 1. The molecule has 26 heavy (non-hydrogen) atoms. The van der Waals surface area contributed by atoms with E-state index in [0.717, 1.165) is 0 Å². The van der Waals surface area contributed by atoms with Crippen molar-refractivity contribution in [2.45, 2.75) is 18.4 Å². The standard InChI is InChI=1S/C19H21FN2O3S/c1-15(23)16-6-8-18(9-7-16)26(24,25)22-12-10-21(11-13-22)14-17-4-2-3-5-19(17)20/h2-9H,10-14H2,1H3. The molecule has 1 aliphatic heterocycles. The lowest BCUT2D eigenvalue weighted by Crippen LogP contribution is -2.48. The van der Waals surface area contributed by atoms with Gasteiger partial charge < -0.3 is 0 Å². The van der Waals surface area contributed by atoms with E-state index in [1.54, 1.807) is 18.2 Å².